The van der Waals surface area contributed by atoms with E-state index in [0.29, 0.717) is 29.4 Å². The number of methoxy groups -OCH3 is 1. The lowest BCUT2D eigenvalue weighted by atomic mass is 10.1. The van der Waals surface area contributed by atoms with Crippen molar-refractivity contribution < 1.29 is 22.3 Å². The average Bonchev–Trinajstić information content (AvgIpc) is 3.34. The second kappa shape index (κ2) is 7.12. The number of hydrogen-bond donors (Lipinski definition) is 2. The minimum Gasteiger partial charge on any atom is -0.496 e. The molecule has 0 unspecified atom stereocenters. The number of rotatable bonds is 5. The van der Waals surface area contributed by atoms with Crippen LogP contribution in [0.25, 0.3) is 22.6 Å². The number of alkyl halides is 3. The summed E-state index contributed by atoms with van der Waals surface area (Å²) in [5, 5.41) is 17.6. The average molecular weight is 403 g/mol. The Balaban J connectivity index is 1.59. The van der Waals surface area contributed by atoms with Crippen LogP contribution in [0.4, 0.5) is 18.9 Å². The molecule has 2 N–H and O–H groups in total. The van der Waals surface area contributed by atoms with Crippen LogP contribution in [0.15, 0.2) is 40.8 Å². The maximum absolute atomic E-state index is 13.2. The Labute approximate surface area is 162 Å². The number of aromatic nitrogens is 4. The molecule has 0 saturated heterocycles. The number of benzene rings is 2. The van der Waals surface area contributed by atoms with Gasteiger partial charge in [-0.3, -0.25) is 0 Å². The zero-order valence-electron chi connectivity index (χ0n) is 15.5. The Morgan fingerprint density at radius 2 is 2.00 bits per heavy atom. The Morgan fingerprint density at radius 1 is 1.17 bits per heavy atom. The van der Waals surface area contributed by atoms with Gasteiger partial charge in [0.1, 0.15) is 11.3 Å². The number of halogens is 3. The highest BCUT2D eigenvalue weighted by Gasteiger charge is 2.34. The van der Waals surface area contributed by atoms with Gasteiger partial charge in [-0.25, -0.2) is 0 Å². The monoisotopic (exact) mass is 403 g/mol. The third kappa shape index (κ3) is 3.73. The van der Waals surface area contributed by atoms with Crippen molar-refractivity contribution in [1.29, 1.82) is 0 Å². The molecule has 0 saturated carbocycles. The van der Waals surface area contributed by atoms with Crippen LogP contribution in [0.5, 0.6) is 5.75 Å². The van der Waals surface area contributed by atoms with Crippen molar-refractivity contribution in [2.45, 2.75) is 19.6 Å². The van der Waals surface area contributed by atoms with Crippen molar-refractivity contribution >= 4 is 16.7 Å². The maximum Gasteiger partial charge on any atom is 0.420 e. The summed E-state index contributed by atoms with van der Waals surface area (Å²) in [4.78, 5) is 0. The predicted molar refractivity (Wildman–Crippen MR) is 99.4 cm³/mol. The number of anilines is 1. The van der Waals surface area contributed by atoms with E-state index < -0.39 is 11.7 Å². The van der Waals surface area contributed by atoms with Crippen molar-refractivity contribution in [3.8, 4) is 17.3 Å². The number of aromatic amines is 1. The molecule has 0 amide bonds. The number of ether oxygens (including phenoxy) is 1. The highest BCUT2D eigenvalue weighted by atomic mass is 19.4. The second-order valence-corrected chi connectivity index (χ2v) is 6.43. The van der Waals surface area contributed by atoms with E-state index >= 15 is 0 Å². The summed E-state index contributed by atoms with van der Waals surface area (Å²) in [6.45, 7) is 2.25. The molecule has 4 rings (SSSR count). The molecule has 2 heterocycles. The number of hydrogen-bond acceptors (Lipinski definition) is 6. The highest BCUT2D eigenvalue weighted by molar-refractivity contribution is 5.83. The van der Waals surface area contributed by atoms with E-state index in [2.05, 4.69) is 25.9 Å². The molecule has 0 aliphatic rings. The summed E-state index contributed by atoms with van der Waals surface area (Å²) in [6.07, 6.45) is -4.50. The molecule has 0 radical (unpaired) electrons. The molecular formula is C19H16F3N5O2. The zero-order chi connectivity index (χ0) is 20.6. The lowest BCUT2D eigenvalue weighted by Crippen LogP contribution is -2.09. The first-order valence-electron chi connectivity index (χ1n) is 8.61. The van der Waals surface area contributed by atoms with Crippen molar-refractivity contribution in [1.82, 2.24) is 20.6 Å². The lowest BCUT2D eigenvalue weighted by molar-refractivity contribution is -0.138. The van der Waals surface area contributed by atoms with Gasteiger partial charge in [0.2, 0.25) is 5.82 Å². The van der Waals surface area contributed by atoms with E-state index in [1.54, 1.807) is 6.07 Å². The van der Waals surface area contributed by atoms with Gasteiger partial charge in [0.15, 0.2) is 5.76 Å². The molecule has 7 nitrogen and oxygen atoms in total. The molecule has 2 aromatic heterocycles. The van der Waals surface area contributed by atoms with Crippen molar-refractivity contribution in [2.24, 2.45) is 0 Å². The SMILES string of the molecule is COc1ccc(NCc2cc3oc(-c4nn[nH]n4)cc3cc2C)cc1C(F)(F)F. The summed E-state index contributed by atoms with van der Waals surface area (Å²) in [7, 11) is 1.21. The molecule has 0 aliphatic carbocycles. The summed E-state index contributed by atoms with van der Waals surface area (Å²) < 4.78 is 50.2. The molecule has 29 heavy (non-hydrogen) atoms. The topological polar surface area (TPSA) is 88.9 Å². The Hall–Kier alpha value is -3.56. The molecule has 150 valence electrons. The van der Waals surface area contributed by atoms with E-state index in [0.717, 1.165) is 22.6 Å². The van der Waals surface area contributed by atoms with Gasteiger partial charge in [0.05, 0.1) is 12.7 Å². The predicted octanol–water partition coefficient (Wildman–Crippen LogP) is 4.56. The Morgan fingerprint density at radius 3 is 2.69 bits per heavy atom. The van der Waals surface area contributed by atoms with Crippen molar-refractivity contribution in [2.75, 3.05) is 12.4 Å². The van der Waals surface area contributed by atoms with Crippen LogP contribution < -0.4 is 10.1 Å². The van der Waals surface area contributed by atoms with E-state index in [-0.39, 0.29) is 5.75 Å². The van der Waals surface area contributed by atoms with Gasteiger partial charge >= 0.3 is 6.18 Å². The van der Waals surface area contributed by atoms with Gasteiger partial charge in [-0.15, -0.1) is 10.2 Å². The number of nitrogens with zero attached hydrogens (tertiary/aromatic N) is 3. The highest BCUT2D eigenvalue weighted by Crippen LogP contribution is 2.38. The number of aryl methyl sites for hydroxylation is 1. The Bertz CT molecular complexity index is 1150. The van der Waals surface area contributed by atoms with Crippen LogP contribution >= 0.6 is 0 Å². The van der Waals surface area contributed by atoms with Crippen molar-refractivity contribution in [3.63, 3.8) is 0 Å². The summed E-state index contributed by atoms with van der Waals surface area (Å²) >= 11 is 0. The van der Waals surface area contributed by atoms with E-state index in [9.17, 15) is 13.2 Å². The fourth-order valence-corrected chi connectivity index (χ4v) is 3.05. The zero-order valence-corrected chi connectivity index (χ0v) is 15.5. The van der Waals surface area contributed by atoms with Gasteiger partial charge in [0.25, 0.3) is 0 Å². The van der Waals surface area contributed by atoms with Gasteiger partial charge in [-0.05, 0) is 59.7 Å². The van der Waals surface area contributed by atoms with Crippen LogP contribution in [0.3, 0.4) is 0 Å². The van der Waals surface area contributed by atoms with Gasteiger partial charge < -0.3 is 14.5 Å². The number of nitrogens with one attached hydrogen (secondary N) is 2. The minimum atomic E-state index is -4.50. The molecule has 0 aliphatic heterocycles. The first-order valence-corrected chi connectivity index (χ1v) is 8.61. The summed E-state index contributed by atoms with van der Waals surface area (Å²) in [5.74, 6) is 0.602. The van der Waals surface area contributed by atoms with Crippen LogP contribution in [-0.2, 0) is 12.7 Å². The first kappa shape index (κ1) is 18.8. The normalized spacial score (nSPS) is 11.8. The van der Waals surface area contributed by atoms with Crippen LogP contribution in [0.2, 0.25) is 0 Å². The molecule has 0 spiro atoms. The first-order chi connectivity index (χ1) is 13.8. The smallest absolute Gasteiger partial charge is 0.420 e. The number of tetrazole rings is 1. The molecule has 0 fully saturated rings. The third-order valence-electron chi connectivity index (χ3n) is 4.53. The van der Waals surface area contributed by atoms with Crippen LogP contribution in [0.1, 0.15) is 16.7 Å². The molecule has 2 aromatic carbocycles. The molecule has 10 heteroatoms. The third-order valence-corrected chi connectivity index (χ3v) is 4.53. The van der Waals surface area contributed by atoms with E-state index in [1.165, 1.54) is 13.2 Å². The van der Waals surface area contributed by atoms with E-state index in [1.807, 2.05) is 25.1 Å². The second-order valence-electron chi connectivity index (χ2n) is 6.43. The maximum atomic E-state index is 13.2. The largest absolute Gasteiger partial charge is 0.496 e. The van der Waals surface area contributed by atoms with Gasteiger partial charge in [-0.2, -0.15) is 18.4 Å². The molecule has 0 atom stereocenters. The molecule has 0 bridgehead atoms. The fourth-order valence-electron chi connectivity index (χ4n) is 3.05. The summed E-state index contributed by atoms with van der Waals surface area (Å²) in [6, 6.07) is 9.47. The van der Waals surface area contributed by atoms with Crippen LogP contribution in [0, 0.1) is 6.92 Å². The van der Waals surface area contributed by atoms with Crippen molar-refractivity contribution in [3.05, 3.63) is 53.1 Å². The lowest BCUT2D eigenvalue weighted by Gasteiger charge is -2.15. The fraction of sp³-hybridized carbons (Fsp3) is 0.211. The van der Waals surface area contributed by atoms with E-state index in [4.69, 9.17) is 9.15 Å². The number of fused-ring (bicyclic) bond motifs is 1. The number of furan rings is 1. The van der Waals surface area contributed by atoms with Gasteiger partial charge in [0, 0.05) is 17.6 Å². The van der Waals surface area contributed by atoms with Crippen LogP contribution in [-0.4, -0.2) is 27.7 Å². The number of H-pyrrole nitrogens is 1. The quantitative estimate of drug-likeness (QED) is 0.508. The minimum absolute atomic E-state index is 0.217. The molecular weight excluding hydrogens is 387 g/mol. The summed E-state index contributed by atoms with van der Waals surface area (Å²) in [5.41, 5.74) is 1.99. The standard InChI is InChI=1S/C19H16F3N5O2/c1-10-5-11-6-17(18-24-26-27-25-18)29-16(11)7-12(10)9-23-13-3-4-15(28-2)14(8-13)19(20,21)22/h3-8,23H,9H2,1-2H3,(H,24,25,26,27). The Kier molecular flexibility index (Phi) is 4.61. The van der Waals surface area contributed by atoms with Gasteiger partial charge in [-0.1, -0.05) is 0 Å². The molecule has 4 aromatic rings.